The van der Waals surface area contributed by atoms with Crippen LogP contribution in [0, 0.1) is 5.41 Å². The Kier molecular flexibility index (Phi) is 6.43. The van der Waals surface area contributed by atoms with E-state index < -0.39 is 10.0 Å². The van der Waals surface area contributed by atoms with Crippen LogP contribution in [-0.4, -0.2) is 40.3 Å². The molecule has 0 atom stereocenters. The summed E-state index contributed by atoms with van der Waals surface area (Å²) in [5.74, 6) is 0.0323. The fourth-order valence-electron chi connectivity index (χ4n) is 0.772. The second kappa shape index (κ2) is 6.74. The topological polar surface area (TPSA) is 105 Å². The SMILES string of the molecule is COCCS(=O)(=O)NCCCC(=N)N. The molecule has 0 aromatic heterocycles. The number of hydrogen-bond acceptors (Lipinski definition) is 4. The summed E-state index contributed by atoms with van der Waals surface area (Å²) >= 11 is 0. The molecule has 0 aromatic rings. The predicted octanol–water partition coefficient (Wildman–Crippen LogP) is -0.732. The highest BCUT2D eigenvalue weighted by Gasteiger charge is 2.08. The molecular formula is C7H17N3O3S. The summed E-state index contributed by atoms with van der Waals surface area (Å²) in [7, 11) is -1.78. The molecule has 14 heavy (non-hydrogen) atoms. The summed E-state index contributed by atoms with van der Waals surface area (Å²) in [4.78, 5) is 0. The average Bonchev–Trinajstić information content (AvgIpc) is 2.09. The third-order valence-electron chi connectivity index (χ3n) is 1.50. The van der Waals surface area contributed by atoms with Gasteiger partial charge in [-0.3, -0.25) is 5.41 Å². The highest BCUT2D eigenvalue weighted by atomic mass is 32.2. The molecule has 0 heterocycles. The molecule has 0 rings (SSSR count). The van der Waals surface area contributed by atoms with E-state index in [1.807, 2.05) is 0 Å². The van der Waals surface area contributed by atoms with Gasteiger partial charge in [0.15, 0.2) is 0 Å². The molecule has 0 unspecified atom stereocenters. The lowest BCUT2D eigenvalue weighted by molar-refractivity contribution is 0.217. The summed E-state index contributed by atoms with van der Waals surface area (Å²) in [5, 5.41) is 6.92. The molecule has 84 valence electrons. The van der Waals surface area contributed by atoms with Crippen LogP contribution in [-0.2, 0) is 14.8 Å². The zero-order valence-electron chi connectivity index (χ0n) is 8.25. The van der Waals surface area contributed by atoms with Crippen molar-refractivity contribution in [3.63, 3.8) is 0 Å². The standard InChI is InChI=1S/C7H17N3O3S/c1-13-5-6-14(11,12)10-4-2-3-7(8)9/h10H,2-6H2,1H3,(H3,8,9). The first-order valence-corrected chi connectivity index (χ1v) is 5.92. The minimum atomic E-state index is -3.23. The van der Waals surface area contributed by atoms with E-state index >= 15 is 0 Å². The zero-order valence-corrected chi connectivity index (χ0v) is 9.06. The van der Waals surface area contributed by atoms with Crippen LogP contribution in [0.25, 0.3) is 0 Å². The van der Waals surface area contributed by atoms with Crippen LogP contribution in [0.2, 0.25) is 0 Å². The van der Waals surface area contributed by atoms with Crippen molar-refractivity contribution in [2.24, 2.45) is 5.73 Å². The molecule has 0 aliphatic rings. The van der Waals surface area contributed by atoms with Crippen molar-refractivity contribution < 1.29 is 13.2 Å². The maximum absolute atomic E-state index is 11.2. The molecular weight excluding hydrogens is 206 g/mol. The molecule has 4 N–H and O–H groups in total. The second-order valence-electron chi connectivity index (χ2n) is 2.83. The Morgan fingerprint density at radius 3 is 2.71 bits per heavy atom. The Morgan fingerprint density at radius 1 is 1.57 bits per heavy atom. The lowest BCUT2D eigenvalue weighted by Crippen LogP contribution is -2.29. The maximum atomic E-state index is 11.2. The summed E-state index contributed by atoms with van der Waals surface area (Å²) in [6, 6.07) is 0. The van der Waals surface area contributed by atoms with Crippen LogP contribution in [0.5, 0.6) is 0 Å². The Morgan fingerprint density at radius 2 is 2.21 bits per heavy atom. The van der Waals surface area contributed by atoms with Gasteiger partial charge in [-0.1, -0.05) is 0 Å². The van der Waals surface area contributed by atoms with E-state index in [4.69, 9.17) is 11.1 Å². The van der Waals surface area contributed by atoms with Crippen LogP contribution in [0.3, 0.4) is 0 Å². The number of rotatable bonds is 8. The van der Waals surface area contributed by atoms with E-state index in [1.165, 1.54) is 7.11 Å². The van der Waals surface area contributed by atoms with Gasteiger partial charge in [0, 0.05) is 20.1 Å². The summed E-state index contributed by atoms with van der Waals surface area (Å²) in [5.41, 5.74) is 5.11. The van der Waals surface area contributed by atoms with Gasteiger partial charge in [0.25, 0.3) is 0 Å². The van der Waals surface area contributed by atoms with Gasteiger partial charge in [0.05, 0.1) is 18.2 Å². The largest absolute Gasteiger partial charge is 0.388 e. The summed E-state index contributed by atoms with van der Waals surface area (Å²) < 4.78 is 29.4. The van der Waals surface area contributed by atoms with Gasteiger partial charge < -0.3 is 10.5 Å². The third kappa shape index (κ3) is 7.96. The zero-order chi connectivity index (χ0) is 11.0. The molecule has 0 spiro atoms. The number of nitrogens with one attached hydrogen (secondary N) is 2. The fourth-order valence-corrected chi connectivity index (χ4v) is 1.76. The van der Waals surface area contributed by atoms with Crippen LogP contribution >= 0.6 is 0 Å². The minimum absolute atomic E-state index is 0.0381. The molecule has 0 aliphatic heterocycles. The van der Waals surface area contributed by atoms with Crippen molar-refractivity contribution in [1.82, 2.24) is 4.72 Å². The molecule has 0 saturated carbocycles. The molecule has 0 aliphatic carbocycles. The number of ether oxygens (including phenoxy) is 1. The van der Waals surface area contributed by atoms with Crippen molar-refractivity contribution >= 4 is 15.9 Å². The van der Waals surface area contributed by atoms with Crippen molar-refractivity contribution in [1.29, 1.82) is 5.41 Å². The summed E-state index contributed by atoms with van der Waals surface area (Å²) in [6.07, 6.45) is 0.953. The first kappa shape index (κ1) is 13.3. The monoisotopic (exact) mass is 223 g/mol. The van der Waals surface area contributed by atoms with Crippen LogP contribution in [0.15, 0.2) is 0 Å². The Labute approximate surface area is 84.4 Å². The van der Waals surface area contributed by atoms with Crippen LogP contribution < -0.4 is 10.5 Å². The average molecular weight is 223 g/mol. The van der Waals surface area contributed by atoms with E-state index in [9.17, 15) is 8.42 Å². The number of sulfonamides is 1. The van der Waals surface area contributed by atoms with E-state index in [-0.39, 0.29) is 18.2 Å². The number of amidine groups is 1. The Balaban J connectivity index is 3.61. The van der Waals surface area contributed by atoms with Crippen LogP contribution in [0.1, 0.15) is 12.8 Å². The smallest absolute Gasteiger partial charge is 0.213 e. The Bertz CT molecular complexity index is 263. The highest BCUT2D eigenvalue weighted by molar-refractivity contribution is 7.89. The molecule has 0 radical (unpaired) electrons. The van der Waals surface area contributed by atoms with E-state index in [0.717, 1.165) is 0 Å². The number of hydrogen-bond donors (Lipinski definition) is 3. The molecule has 0 fully saturated rings. The van der Waals surface area contributed by atoms with E-state index in [1.54, 1.807) is 0 Å². The first-order chi connectivity index (χ1) is 6.48. The second-order valence-corrected chi connectivity index (χ2v) is 4.76. The molecule has 0 bridgehead atoms. The number of methoxy groups -OCH3 is 1. The van der Waals surface area contributed by atoms with Gasteiger partial charge in [0.1, 0.15) is 0 Å². The third-order valence-corrected chi connectivity index (χ3v) is 2.85. The Hall–Kier alpha value is -0.660. The van der Waals surface area contributed by atoms with Gasteiger partial charge in [-0.15, -0.1) is 0 Å². The van der Waals surface area contributed by atoms with E-state index in [2.05, 4.69) is 9.46 Å². The lowest BCUT2D eigenvalue weighted by atomic mass is 10.3. The lowest BCUT2D eigenvalue weighted by Gasteiger charge is -2.05. The normalized spacial score (nSPS) is 11.5. The fraction of sp³-hybridized carbons (Fsp3) is 0.857. The van der Waals surface area contributed by atoms with Crippen molar-refractivity contribution in [2.75, 3.05) is 26.0 Å². The maximum Gasteiger partial charge on any atom is 0.213 e. The van der Waals surface area contributed by atoms with Crippen LogP contribution in [0.4, 0.5) is 0 Å². The minimum Gasteiger partial charge on any atom is -0.388 e. The molecule has 6 nitrogen and oxygen atoms in total. The van der Waals surface area contributed by atoms with Gasteiger partial charge in [-0.25, -0.2) is 13.1 Å². The molecule has 7 heteroatoms. The molecule has 0 amide bonds. The molecule has 0 aromatic carbocycles. The number of nitrogens with two attached hydrogens (primary N) is 1. The van der Waals surface area contributed by atoms with Crippen molar-refractivity contribution in [3.05, 3.63) is 0 Å². The van der Waals surface area contributed by atoms with Gasteiger partial charge in [-0.05, 0) is 6.42 Å². The van der Waals surface area contributed by atoms with Gasteiger partial charge in [-0.2, -0.15) is 0 Å². The summed E-state index contributed by atoms with van der Waals surface area (Å²) in [6.45, 7) is 0.494. The quantitative estimate of drug-likeness (QED) is 0.286. The molecule has 0 saturated heterocycles. The van der Waals surface area contributed by atoms with Gasteiger partial charge >= 0.3 is 0 Å². The van der Waals surface area contributed by atoms with E-state index in [0.29, 0.717) is 19.4 Å². The first-order valence-electron chi connectivity index (χ1n) is 4.27. The van der Waals surface area contributed by atoms with Crippen molar-refractivity contribution in [2.45, 2.75) is 12.8 Å². The predicted molar refractivity (Wildman–Crippen MR) is 54.8 cm³/mol. The van der Waals surface area contributed by atoms with Crippen molar-refractivity contribution in [3.8, 4) is 0 Å². The van der Waals surface area contributed by atoms with Gasteiger partial charge in [0.2, 0.25) is 10.0 Å². The highest BCUT2D eigenvalue weighted by Crippen LogP contribution is 1.89.